The van der Waals surface area contributed by atoms with Gasteiger partial charge in [0.05, 0.1) is 12.1 Å². The van der Waals surface area contributed by atoms with Gasteiger partial charge in [0.25, 0.3) is 5.78 Å². The van der Waals surface area contributed by atoms with Gasteiger partial charge in [-0.1, -0.05) is 121 Å². The van der Waals surface area contributed by atoms with Gasteiger partial charge in [-0.3, -0.25) is 9.28 Å². The molecule has 0 aliphatic heterocycles. The van der Waals surface area contributed by atoms with Crippen molar-refractivity contribution in [2.24, 2.45) is 0 Å². The predicted molar refractivity (Wildman–Crippen MR) is 163 cm³/mol. The first-order valence-electron chi connectivity index (χ1n) is 13.9. The lowest BCUT2D eigenvalue weighted by Gasteiger charge is -2.46. The molecule has 0 fully saturated rings. The molecule has 0 bridgehead atoms. The first-order valence-corrected chi connectivity index (χ1v) is 13.9. The normalized spacial score (nSPS) is 11.7. The molecule has 40 heavy (non-hydrogen) atoms. The maximum atomic E-state index is 14.4. The molecule has 5 aromatic carbocycles. The molecule has 0 heterocycles. The summed E-state index contributed by atoms with van der Waals surface area (Å²) in [6, 6.07) is 37.4. The van der Waals surface area contributed by atoms with E-state index in [1.807, 2.05) is 48.5 Å². The van der Waals surface area contributed by atoms with Crippen molar-refractivity contribution in [3.63, 3.8) is 0 Å². The monoisotopic (exact) mass is 525 g/mol. The fourth-order valence-corrected chi connectivity index (χ4v) is 5.94. The summed E-state index contributed by atoms with van der Waals surface area (Å²) < 4.78 is 0.282. The lowest BCUT2D eigenvalue weighted by Crippen LogP contribution is -2.57. The second kappa shape index (κ2) is 11.4. The summed E-state index contributed by atoms with van der Waals surface area (Å²) in [6.45, 7) is 9.10. The Labute approximate surface area is 236 Å². The number of ketones is 1. The van der Waals surface area contributed by atoms with Gasteiger partial charge in [0, 0.05) is 11.1 Å². The van der Waals surface area contributed by atoms with Crippen molar-refractivity contribution in [2.45, 2.75) is 46.3 Å². The molecular weight excluding hydrogens is 490 g/mol. The Bertz CT molecular complexity index is 1660. The summed E-state index contributed by atoms with van der Waals surface area (Å²) in [6.07, 6.45) is 0. The molecule has 5 rings (SSSR count). The van der Waals surface area contributed by atoms with Crippen LogP contribution in [0.1, 0.15) is 49.2 Å². The first-order chi connectivity index (χ1) is 19.3. The highest BCUT2D eigenvalue weighted by Crippen LogP contribution is 2.38. The molecule has 0 atom stereocenters. The van der Waals surface area contributed by atoms with Crippen LogP contribution in [0.25, 0.3) is 27.3 Å². The molecular formula is C37H35NO2. The van der Waals surface area contributed by atoms with E-state index in [0.29, 0.717) is 23.4 Å². The van der Waals surface area contributed by atoms with Crippen LogP contribution in [0.2, 0.25) is 0 Å². The third kappa shape index (κ3) is 4.98. The van der Waals surface area contributed by atoms with Crippen LogP contribution in [-0.4, -0.2) is 22.3 Å². The average molecular weight is 526 g/mol. The number of Topliss-reactive ketones (excluding diaryl/α,β-unsaturated/α-hetero) is 1. The maximum Gasteiger partial charge on any atom is 0.254 e. The summed E-state index contributed by atoms with van der Waals surface area (Å²) in [5, 5.41) is 18.3. The van der Waals surface area contributed by atoms with E-state index in [2.05, 4.69) is 88.0 Å². The van der Waals surface area contributed by atoms with Gasteiger partial charge in [0.15, 0.2) is 0 Å². The Morgan fingerprint density at radius 1 is 0.675 bits per heavy atom. The summed E-state index contributed by atoms with van der Waals surface area (Å²) in [5.74, 6) is -0.455. The molecule has 0 aliphatic rings. The minimum absolute atomic E-state index is 0.0172. The highest BCUT2D eigenvalue weighted by molar-refractivity contribution is 6.07. The van der Waals surface area contributed by atoms with E-state index in [9.17, 15) is 9.90 Å². The standard InChI is InChI=1S/C37H35NO2/c1-26(2)38(27(3)4,25-34-32-21-13-11-19-30(32)23-31-20-12-14-22-33(31)34)35(37(40)29-17-9-6-10-18-29)24-36(39)28-15-7-5-8-16-28/h5-23,26-27H,25H2,1-4H3. The van der Waals surface area contributed by atoms with Crippen molar-refractivity contribution < 1.29 is 14.4 Å². The molecule has 0 N–H and O–H groups in total. The smallest absolute Gasteiger partial charge is 0.254 e. The number of carbonyl (C=O) groups excluding carboxylic acids is 1. The molecule has 0 amide bonds. The Kier molecular flexibility index (Phi) is 7.71. The molecule has 200 valence electrons. The molecule has 5 aromatic rings. The van der Waals surface area contributed by atoms with E-state index in [1.165, 1.54) is 5.56 Å². The number of fused-ring (bicyclic) bond motifs is 2. The van der Waals surface area contributed by atoms with Gasteiger partial charge in [-0.15, -0.1) is 0 Å². The van der Waals surface area contributed by atoms with Crippen LogP contribution >= 0.6 is 0 Å². The SMILES string of the molecule is CC(C)[N+](Cc1c2ccccc2cc2ccccc12)(C(=C=C([O-])c1ccccc1)C(=O)c1ccccc1)C(C)C. The van der Waals surface area contributed by atoms with E-state index >= 15 is 0 Å². The van der Waals surface area contributed by atoms with Gasteiger partial charge in [-0.25, -0.2) is 0 Å². The molecule has 0 saturated heterocycles. The second-order valence-corrected chi connectivity index (χ2v) is 10.9. The zero-order valence-corrected chi connectivity index (χ0v) is 23.6. The first kappa shape index (κ1) is 27.1. The van der Waals surface area contributed by atoms with Gasteiger partial charge in [-0.05, 0) is 60.9 Å². The zero-order valence-electron chi connectivity index (χ0n) is 23.6. The fraction of sp³-hybridized carbons (Fsp3) is 0.189. The van der Waals surface area contributed by atoms with Crippen LogP contribution in [0.4, 0.5) is 0 Å². The van der Waals surface area contributed by atoms with E-state index in [1.54, 1.807) is 12.1 Å². The van der Waals surface area contributed by atoms with Crippen LogP contribution in [-0.2, 0) is 6.54 Å². The number of rotatable bonds is 8. The predicted octanol–water partition coefficient (Wildman–Crippen LogP) is 7.89. The van der Waals surface area contributed by atoms with Crippen molar-refractivity contribution in [1.82, 2.24) is 0 Å². The Morgan fingerprint density at radius 3 is 1.62 bits per heavy atom. The highest BCUT2D eigenvalue weighted by Gasteiger charge is 2.44. The summed E-state index contributed by atoms with van der Waals surface area (Å²) >= 11 is 0. The molecule has 0 radical (unpaired) electrons. The van der Waals surface area contributed by atoms with Crippen LogP contribution in [0.15, 0.2) is 127 Å². The lowest BCUT2D eigenvalue weighted by atomic mass is 9.92. The Hall–Kier alpha value is -4.43. The molecule has 3 heteroatoms. The van der Waals surface area contributed by atoms with Crippen LogP contribution in [0.5, 0.6) is 0 Å². The maximum absolute atomic E-state index is 14.4. The van der Waals surface area contributed by atoms with Crippen LogP contribution < -0.4 is 5.11 Å². The minimum Gasteiger partial charge on any atom is -0.866 e. The van der Waals surface area contributed by atoms with Gasteiger partial charge < -0.3 is 5.11 Å². The number of carbonyl (C=O) groups is 1. The van der Waals surface area contributed by atoms with Crippen molar-refractivity contribution >= 4 is 33.1 Å². The number of hydrogen-bond donors (Lipinski definition) is 0. The quantitative estimate of drug-likeness (QED) is 0.0516. The van der Waals surface area contributed by atoms with E-state index < -0.39 is 0 Å². The van der Waals surface area contributed by atoms with E-state index in [4.69, 9.17) is 0 Å². The summed E-state index contributed by atoms with van der Waals surface area (Å²) in [7, 11) is 0. The molecule has 3 nitrogen and oxygen atoms in total. The zero-order chi connectivity index (χ0) is 28.3. The second-order valence-electron chi connectivity index (χ2n) is 10.9. The van der Waals surface area contributed by atoms with Crippen molar-refractivity contribution in [1.29, 1.82) is 0 Å². The highest BCUT2D eigenvalue weighted by atomic mass is 16.3. The third-order valence-electron chi connectivity index (χ3n) is 8.08. The van der Waals surface area contributed by atoms with Gasteiger partial charge >= 0.3 is 0 Å². The van der Waals surface area contributed by atoms with Gasteiger partial charge in [0.2, 0.25) is 5.70 Å². The summed E-state index contributed by atoms with van der Waals surface area (Å²) in [4.78, 5) is 14.4. The van der Waals surface area contributed by atoms with Crippen molar-refractivity contribution in [3.8, 4) is 0 Å². The fourth-order valence-electron chi connectivity index (χ4n) is 5.94. The largest absolute Gasteiger partial charge is 0.866 e. The number of hydrogen-bond acceptors (Lipinski definition) is 2. The number of quaternary nitrogens is 1. The number of allylic oxidation sites excluding steroid dienone is 1. The summed E-state index contributed by atoms with van der Waals surface area (Å²) in [5.41, 5.74) is 5.78. The lowest BCUT2D eigenvalue weighted by molar-refractivity contribution is -0.940. The molecule has 0 saturated carbocycles. The average Bonchev–Trinajstić information content (AvgIpc) is 2.98. The molecule has 0 aliphatic carbocycles. The van der Waals surface area contributed by atoms with E-state index in [0.717, 1.165) is 21.5 Å². The van der Waals surface area contributed by atoms with Crippen LogP contribution in [0, 0.1) is 0 Å². The van der Waals surface area contributed by atoms with Gasteiger partial charge in [-0.2, -0.15) is 0 Å². The Balaban J connectivity index is 1.85. The van der Waals surface area contributed by atoms with Crippen molar-refractivity contribution in [2.75, 3.05) is 0 Å². The van der Waals surface area contributed by atoms with Gasteiger partial charge in [0.1, 0.15) is 6.54 Å². The van der Waals surface area contributed by atoms with Crippen LogP contribution in [0.3, 0.4) is 0 Å². The van der Waals surface area contributed by atoms with E-state index in [-0.39, 0.29) is 28.1 Å². The molecule has 0 spiro atoms. The molecule has 0 aromatic heterocycles. The third-order valence-corrected chi connectivity index (χ3v) is 8.08. The minimum atomic E-state index is -0.286. The Morgan fingerprint density at radius 2 is 1.12 bits per heavy atom. The van der Waals surface area contributed by atoms with Crippen molar-refractivity contribution in [3.05, 3.63) is 143 Å². The molecule has 0 unspecified atom stereocenters. The topological polar surface area (TPSA) is 40.1 Å². The number of benzene rings is 5. The number of nitrogens with zero attached hydrogens (tertiary/aromatic N) is 1.